The Morgan fingerprint density at radius 3 is 2.62 bits per heavy atom. The van der Waals surface area contributed by atoms with E-state index in [1.165, 1.54) is 6.07 Å². The van der Waals surface area contributed by atoms with Gasteiger partial charge in [0.25, 0.3) is 0 Å². The van der Waals surface area contributed by atoms with Crippen LogP contribution in [-0.4, -0.2) is 15.7 Å². The quantitative estimate of drug-likeness (QED) is 0.737. The SMILES string of the molecule is Fc1ccc2c(c1)nc(Br)n2CC(F)(F)F. The van der Waals surface area contributed by atoms with Crippen molar-refractivity contribution in [3.05, 3.63) is 28.7 Å². The van der Waals surface area contributed by atoms with Crippen molar-refractivity contribution in [3.8, 4) is 0 Å². The second-order valence-electron chi connectivity index (χ2n) is 3.22. The van der Waals surface area contributed by atoms with Gasteiger partial charge in [-0.05, 0) is 28.1 Å². The Bertz CT molecular complexity index is 532. The zero-order chi connectivity index (χ0) is 11.9. The summed E-state index contributed by atoms with van der Waals surface area (Å²) in [7, 11) is 0. The maximum Gasteiger partial charge on any atom is 0.406 e. The van der Waals surface area contributed by atoms with Crippen LogP contribution in [0.25, 0.3) is 11.0 Å². The molecule has 0 fully saturated rings. The lowest BCUT2D eigenvalue weighted by Gasteiger charge is -2.09. The highest BCUT2D eigenvalue weighted by molar-refractivity contribution is 9.10. The fourth-order valence-corrected chi connectivity index (χ4v) is 1.91. The molecule has 2 rings (SSSR count). The highest BCUT2D eigenvalue weighted by Crippen LogP contribution is 2.26. The number of hydrogen-bond acceptors (Lipinski definition) is 1. The first kappa shape index (κ1) is 11.4. The first-order chi connectivity index (χ1) is 7.37. The van der Waals surface area contributed by atoms with Crippen LogP contribution in [0.2, 0.25) is 0 Å². The second kappa shape index (κ2) is 3.73. The van der Waals surface area contributed by atoms with Crippen LogP contribution >= 0.6 is 15.9 Å². The molecule has 1 aromatic heterocycles. The molecule has 0 spiro atoms. The Balaban J connectivity index is 2.56. The summed E-state index contributed by atoms with van der Waals surface area (Å²) in [6.45, 7) is -1.16. The Kier molecular flexibility index (Phi) is 2.65. The Hall–Kier alpha value is -1.11. The summed E-state index contributed by atoms with van der Waals surface area (Å²) in [5.74, 6) is -0.531. The molecule has 0 aliphatic rings. The molecule has 0 saturated heterocycles. The van der Waals surface area contributed by atoms with E-state index in [-0.39, 0.29) is 15.8 Å². The van der Waals surface area contributed by atoms with E-state index < -0.39 is 18.5 Å². The number of imidazole rings is 1. The molecule has 86 valence electrons. The van der Waals surface area contributed by atoms with Gasteiger partial charge in [-0.25, -0.2) is 9.37 Å². The van der Waals surface area contributed by atoms with Gasteiger partial charge < -0.3 is 4.57 Å². The number of nitrogens with zero attached hydrogens (tertiary/aromatic N) is 2. The van der Waals surface area contributed by atoms with Crippen LogP contribution in [-0.2, 0) is 6.54 Å². The third-order valence-electron chi connectivity index (χ3n) is 2.00. The van der Waals surface area contributed by atoms with Crippen molar-refractivity contribution in [2.24, 2.45) is 0 Å². The number of fused-ring (bicyclic) bond motifs is 1. The van der Waals surface area contributed by atoms with Gasteiger partial charge in [-0.1, -0.05) is 0 Å². The van der Waals surface area contributed by atoms with E-state index in [0.717, 1.165) is 16.7 Å². The number of aromatic nitrogens is 2. The van der Waals surface area contributed by atoms with Gasteiger partial charge in [0.05, 0.1) is 11.0 Å². The molecule has 1 heterocycles. The topological polar surface area (TPSA) is 17.8 Å². The molecular formula is C9H5BrF4N2. The third kappa shape index (κ3) is 2.18. The smallest absolute Gasteiger partial charge is 0.309 e. The first-order valence-electron chi connectivity index (χ1n) is 4.25. The van der Waals surface area contributed by atoms with Crippen molar-refractivity contribution in [2.75, 3.05) is 0 Å². The van der Waals surface area contributed by atoms with Crippen molar-refractivity contribution in [1.82, 2.24) is 9.55 Å². The van der Waals surface area contributed by atoms with Crippen molar-refractivity contribution >= 4 is 27.0 Å². The molecule has 0 radical (unpaired) electrons. The molecule has 2 aromatic rings. The predicted molar refractivity (Wildman–Crippen MR) is 53.4 cm³/mol. The second-order valence-corrected chi connectivity index (χ2v) is 3.92. The van der Waals surface area contributed by atoms with Gasteiger partial charge in [0.15, 0.2) is 4.73 Å². The lowest BCUT2D eigenvalue weighted by molar-refractivity contribution is -0.140. The van der Waals surface area contributed by atoms with E-state index in [9.17, 15) is 17.6 Å². The lowest BCUT2D eigenvalue weighted by Crippen LogP contribution is -2.17. The fraction of sp³-hybridized carbons (Fsp3) is 0.222. The van der Waals surface area contributed by atoms with Gasteiger partial charge >= 0.3 is 6.18 Å². The molecule has 16 heavy (non-hydrogen) atoms. The summed E-state index contributed by atoms with van der Waals surface area (Å²) in [6, 6.07) is 3.46. The van der Waals surface area contributed by atoms with E-state index in [1.807, 2.05) is 0 Å². The van der Waals surface area contributed by atoms with Gasteiger partial charge in [0, 0.05) is 6.07 Å². The summed E-state index contributed by atoms with van der Waals surface area (Å²) in [4.78, 5) is 3.80. The van der Waals surface area contributed by atoms with Crippen LogP contribution in [0, 0.1) is 5.82 Å². The molecule has 0 aliphatic carbocycles. The van der Waals surface area contributed by atoms with Crippen molar-refractivity contribution in [1.29, 1.82) is 0 Å². The Morgan fingerprint density at radius 2 is 2.00 bits per heavy atom. The first-order valence-corrected chi connectivity index (χ1v) is 5.04. The van der Waals surface area contributed by atoms with Crippen molar-refractivity contribution in [3.63, 3.8) is 0 Å². The third-order valence-corrected chi connectivity index (χ3v) is 2.61. The molecule has 7 heteroatoms. The summed E-state index contributed by atoms with van der Waals surface area (Å²) in [6.07, 6.45) is -4.34. The van der Waals surface area contributed by atoms with E-state index in [4.69, 9.17) is 0 Å². The average Bonchev–Trinajstić information content (AvgIpc) is 2.40. The lowest BCUT2D eigenvalue weighted by atomic mass is 10.3. The molecule has 0 N–H and O–H groups in total. The van der Waals surface area contributed by atoms with E-state index in [2.05, 4.69) is 20.9 Å². The number of alkyl halides is 3. The number of hydrogen-bond donors (Lipinski definition) is 0. The fourth-order valence-electron chi connectivity index (χ4n) is 1.40. The normalized spacial score (nSPS) is 12.3. The zero-order valence-corrected chi connectivity index (χ0v) is 9.31. The van der Waals surface area contributed by atoms with Gasteiger partial charge in [0.1, 0.15) is 12.4 Å². The zero-order valence-electron chi connectivity index (χ0n) is 7.72. The standard InChI is InChI=1S/C9H5BrF4N2/c10-8-15-6-3-5(11)1-2-7(6)16(8)4-9(12,13)14/h1-3H,4H2. The van der Waals surface area contributed by atoms with Gasteiger partial charge in [-0.2, -0.15) is 13.2 Å². The molecule has 0 unspecified atom stereocenters. The molecular weight excluding hydrogens is 292 g/mol. The van der Waals surface area contributed by atoms with E-state index in [0.29, 0.717) is 0 Å². The highest BCUT2D eigenvalue weighted by atomic mass is 79.9. The molecule has 0 amide bonds. The molecule has 2 nitrogen and oxygen atoms in total. The van der Waals surface area contributed by atoms with Crippen LogP contribution in [0.15, 0.2) is 22.9 Å². The maximum absolute atomic E-state index is 12.8. The molecule has 0 bridgehead atoms. The summed E-state index contributed by atoms with van der Waals surface area (Å²) >= 11 is 2.92. The number of rotatable bonds is 1. The van der Waals surface area contributed by atoms with Crippen molar-refractivity contribution in [2.45, 2.75) is 12.7 Å². The highest BCUT2D eigenvalue weighted by Gasteiger charge is 2.29. The largest absolute Gasteiger partial charge is 0.406 e. The van der Waals surface area contributed by atoms with Gasteiger partial charge in [-0.3, -0.25) is 0 Å². The Labute approximate surface area is 96.0 Å². The van der Waals surface area contributed by atoms with Gasteiger partial charge in [0.2, 0.25) is 0 Å². The summed E-state index contributed by atoms with van der Waals surface area (Å²) < 4.78 is 50.6. The van der Waals surface area contributed by atoms with Crippen LogP contribution in [0.5, 0.6) is 0 Å². The van der Waals surface area contributed by atoms with Gasteiger partial charge in [-0.15, -0.1) is 0 Å². The van der Waals surface area contributed by atoms with Crippen LogP contribution in [0.4, 0.5) is 17.6 Å². The molecule has 0 saturated carbocycles. The monoisotopic (exact) mass is 296 g/mol. The van der Waals surface area contributed by atoms with Crippen LogP contribution in [0.3, 0.4) is 0 Å². The number of benzene rings is 1. The minimum absolute atomic E-state index is 0.0328. The van der Waals surface area contributed by atoms with Crippen LogP contribution < -0.4 is 0 Å². The number of halogens is 5. The minimum atomic E-state index is -4.34. The van der Waals surface area contributed by atoms with E-state index in [1.54, 1.807) is 0 Å². The average molecular weight is 297 g/mol. The van der Waals surface area contributed by atoms with Crippen molar-refractivity contribution < 1.29 is 17.6 Å². The summed E-state index contributed by atoms with van der Waals surface area (Å²) in [5.41, 5.74) is 0.432. The Morgan fingerprint density at radius 1 is 1.31 bits per heavy atom. The summed E-state index contributed by atoms with van der Waals surface area (Å²) in [5, 5.41) is 0. The molecule has 0 atom stereocenters. The maximum atomic E-state index is 12.8. The molecule has 1 aromatic carbocycles. The minimum Gasteiger partial charge on any atom is -0.309 e. The molecule has 0 aliphatic heterocycles. The van der Waals surface area contributed by atoms with E-state index >= 15 is 0 Å². The van der Waals surface area contributed by atoms with Crippen LogP contribution in [0.1, 0.15) is 0 Å². The predicted octanol–water partition coefficient (Wildman–Crippen LogP) is 3.50.